The molecule has 176 valence electrons. The Morgan fingerprint density at radius 1 is 0.516 bits per heavy atom. The van der Waals surface area contributed by atoms with Crippen molar-refractivity contribution in [2.45, 2.75) is 36.6 Å². The standard InChI is InChI=1S/C6H8O19P6/c7-26-17-1-2-4(20-29(11,12)24-27(8)18-2)6-5(3(1)19-28(9,10)23-26)21-30(13,14)25-31(15,16)22-6/h1-6H,(H2-2,9,10,11,12,13,14,15,16)/p+2. The molecule has 3 aliphatic heterocycles. The fraction of sp³-hybridized carbons (Fsp3) is 1.00. The van der Waals surface area contributed by atoms with E-state index < -0.39 is 84.4 Å². The average molecular weight is 572 g/mol. The molecule has 31 heavy (non-hydrogen) atoms. The zero-order valence-corrected chi connectivity index (χ0v) is 19.4. The summed E-state index contributed by atoms with van der Waals surface area (Å²) in [5.41, 5.74) is 0. The number of fused-ring (bicyclic) bond motifs is 6. The van der Waals surface area contributed by atoms with Gasteiger partial charge < -0.3 is 9.79 Å². The SMILES string of the molecule is O=[P+]1OC2C3O[P+](=O)OP(=O)(O)OC3C3OP(=O)(O)OP(=O)(O)OC3C2OP(=O)(O)O1. The molecule has 25 heteroatoms. The maximum atomic E-state index is 12.1. The van der Waals surface area contributed by atoms with E-state index in [-0.39, 0.29) is 0 Å². The zero-order chi connectivity index (χ0) is 23.0. The number of rotatable bonds is 0. The first kappa shape index (κ1) is 24.7. The second-order valence-electron chi connectivity index (χ2n) is 5.99. The lowest BCUT2D eigenvalue weighted by atomic mass is 9.85. The third kappa shape index (κ3) is 5.32. The molecule has 1 saturated carbocycles. The van der Waals surface area contributed by atoms with Gasteiger partial charge >= 0.3 is 47.8 Å². The highest BCUT2D eigenvalue weighted by Crippen LogP contribution is 2.69. The molecule has 0 spiro atoms. The van der Waals surface area contributed by atoms with Crippen LogP contribution in [-0.4, -0.2) is 56.2 Å². The molecule has 1 aliphatic carbocycles. The van der Waals surface area contributed by atoms with Gasteiger partial charge in [0, 0.05) is 9.13 Å². The maximum Gasteiger partial charge on any atom is 0.708 e. The Hall–Kier alpha value is 0.600. The summed E-state index contributed by atoms with van der Waals surface area (Å²) < 4.78 is 113. The average Bonchev–Trinajstić information content (AvgIpc) is 2.78. The lowest BCUT2D eigenvalue weighted by molar-refractivity contribution is -0.181. The van der Waals surface area contributed by atoms with Crippen LogP contribution < -0.4 is 0 Å². The first-order chi connectivity index (χ1) is 14.1. The minimum absolute atomic E-state index is 1.97. The summed E-state index contributed by atoms with van der Waals surface area (Å²) in [6.07, 6.45) is -12.6. The molecule has 4 fully saturated rings. The van der Waals surface area contributed by atoms with Crippen LogP contribution >= 0.6 is 47.8 Å². The fourth-order valence-corrected chi connectivity index (χ4v) is 9.45. The van der Waals surface area contributed by atoms with E-state index in [1.165, 1.54) is 0 Å². The Morgan fingerprint density at radius 2 is 0.806 bits per heavy atom. The summed E-state index contributed by atoms with van der Waals surface area (Å²) in [5, 5.41) is 0. The van der Waals surface area contributed by atoms with Crippen molar-refractivity contribution in [3.8, 4) is 0 Å². The molecule has 0 aromatic carbocycles. The van der Waals surface area contributed by atoms with Gasteiger partial charge in [0.05, 0.1) is 0 Å². The van der Waals surface area contributed by atoms with Crippen molar-refractivity contribution in [3.63, 3.8) is 0 Å². The van der Waals surface area contributed by atoms with Crippen molar-refractivity contribution < 1.29 is 87.0 Å². The topological polar surface area (TPSA) is 266 Å². The Bertz CT molecular complexity index is 928. The van der Waals surface area contributed by atoms with Gasteiger partial charge in [-0.3, -0.25) is 27.9 Å². The molecular formula is C6H10O19P6+2. The minimum atomic E-state index is -5.45. The summed E-state index contributed by atoms with van der Waals surface area (Å²) in [7, 11) is -28.3. The van der Waals surface area contributed by atoms with Crippen LogP contribution in [0.25, 0.3) is 0 Å². The Balaban J connectivity index is 1.88. The van der Waals surface area contributed by atoms with Crippen molar-refractivity contribution in [1.29, 1.82) is 0 Å². The minimum Gasteiger partial charge on any atom is -0.302 e. The molecule has 0 aromatic rings. The third-order valence-electron chi connectivity index (χ3n) is 3.92. The van der Waals surface area contributed by atoms with Crippen LogP contribution in [0.3, 0.4) is 0 Å². The molecule has 19 nitrogen and oxygen atoms in total. The summed E-state index contributed by atoms with van der Waals surface area (Å²) in [6, 6.07) is 0. The monoisotopic (exact) mass is 572 g/mol. The van der Waals surface area contributed by atoms with Gasteiger partial charge in [-0.15, -0.1) is 9.05 Å². The van der Waals surface area contributed by atoms with Crippen molar-refractivity contribution >= 4 is 47.8 Å². The predicted molar refractivity (Wildman–Crippen MR) is 87.0 cm³/mol. The van der Waals surface area contributed by atoms with Crippen LogP contribution in [0.4, 0.5) is 0 Å². The molecule has 4 aliphatic rings. The number of hydrogen-bond acceptors (Lipinski definition) is 15. The predicted octanol–water partition coefficient (Wildman–Crippen LogP) is 1.12. The van der Waals surface area contributed by atoms with Gasteiger partial charge in [-0.1, -0.05) is 0 Å². The highest BCUT2D eigenvalue weighted by atomic mass is 31.3. The van der Waals surface area contributed by atoms with E-state index in [4.69, 9.17) is 27.1 Å². The van der Waals surface area contributed by atoms with Crippen molar-refractivity contribution in [2.24, 2.45) is 0 Å². The van der Waals surface area contributed by atoms with Crippen LogP contribution in [0, 0.1) is 0 Å². The molecule has 12 atom stereocenters. The van der Waals surface area contributed by atoms with Gasteiger partial charge in [-0.05, 0) is 8.62 Å². The third-order valence-corrected chi connectivity index (χ3v) is 11.2. The van der Waals surface area contributed by atoms with E-state index in [0.29, 0.717) is 0 Å². The molecule has 0 radical (unpaired) electrons. The fourth-order valence-electron chi connectivity index (χ4n) is 3.07. The highest BCUT2D eigenvalue weighted by molar-refractivity contribution is 7.61. The van der Waals surface area contributed by atoms with Gasteiger partial charge in [0.1, 0.15) is 24.4 Å². The van der Waals surface area contributed by atoms with Gasteiger partial charge in [0.2, 0.25) is 0 Å². The maximum absolute atomic E-state index is 12.1. The Kier molecular flexibility index (Phi) is 6.44. The number of hydrogen-bond donors (Lipinski definition) is 4. The molecule has 3 heterocycles. The zero-order valence-electron chi connectivity index (χ0n) is 14.1. The molecular weight excluding hydrogens is 562 g/mol. The van der Waals surface area contributed by atoms with Crippen LogP contribution in [0.5, 0.6) is 0 Å². The van der Waals surface area contributed by atoms with E-state index >= 15 is 0 Å². The molecule has 3 saturated heterocycles. The lowest BCUT2D eigenvalue weighted by Crippen LogP contribution is -2.65. The van der Waals surface area contributed by atoms with Gasteiger partial charge in [0.15, 0.2) is 12.2 Å². The molecule has 0 aromatic heterocycles. The van der Waals surface area contributed by atoms with Crippen LogP contribution in [0.1, 0.15) is 0 Å². The Labute approximate surface area is 172 Å². The van der Waals surface area contributed by atoms with E-state index in [1.807, 2.05) is 0 Å². The molecule has 4 N–H and O–H groups in total. The molecule has 12 unspecified atom stereocenters. The second-order valence-corrected chi connectivity index (χ2v) is 13.9. The summed E-state index contributed by atoms with van der Waals surface area (Å²) in [6.45, 7) is 0. The van der Waals surface area contributed by atoms with Crippen molar-refractivity contribution in [1.82, 2.24) is 0 Å². The molecule has 4 rings (SSSR count). The van der Waals surface area contributed by atoms with E-state index in [0.717, 1.165) is 0 Å². The lowest BCUT2D eigenvalue weighted by Gasteiger charge is -2.42. The normalized spacial score (nSPS) is 58.1. The largest absolute Gasteiger partial charge is 0.708 e. The van der Waals surface area contributed by atoms with Crippen molar-refractivity contribution in [2.75, 3.05) is 0 Å². The number of phosphoric ester groups is 4. The highest BCUT2D eigenvalue weighted by Gasteiger charge is 2.70. The second kappa shape index (κ2) is 8.08. The van der Waals surface area contributed by atoms with E-state index in [2.05, 4.69) is 12.9 Å². The summed E-state index contributed by atoms with van der Waals surface area (Å²) in [4.78, 5) is 38.8. The molecule has 0 amide bonds. The smallest absolute Gasteiger partial charge is 0.302 e. The van der Waals surface area contributed by atoms with E-state index in [1.54, 1.807) is 0 Å². The number of phosphoric acid groups is 4. The van der Waals surface area contributed by atoms with Crippen LogP contribution in [0.15, 0.2) is 0 Å². The molecule has 0 bridgehead atoms. The Morgan fingerprint density at radius 3 is 1.16 bits per heavy atom. The first-order valence-electron chi connectivity index (χ1n) is 7.50. The first-order valence-corrected chi connectivity index (χ1v) is 15.7. The van der Waals surface area contributed by atoms with Gasteiger partial charge in [0.25, 0.3) is 0 Å². The van der Waals surface area contributed by atoms with Gasteiger partial charge in [-0.2, -0.15) is 4.31 Å². The van der Waals surface area contributed by atoms with Crippen LogP contribution in [0.2, 0.25) is 0 Å². The van der Waals surface area contributed by atoms with Gasteiger partial charge in [-0.25, -0.2) is 18.3 Å². The summed E-state index contributed by atoms with van der Waals surface area (Å²) >= 11 is 0. The quantitative estimate of drug-likeness (QED) is 0.296. The summed E-state index contributed by atoms with van der Waals surface area (Å²) in [5.74, 6) is 0. The van der Waals surface area contributed by atoms with Crippen molar-refractivity contribution in [3.05, 3.63) is 0 Å². The van der Waals surface area contributed by atoms with E-state index in [9.17, 15) is 47.0 Å². The van der Waals surface area contributed by atoms with Crippen LogP contribution in [-0.2, 0) is 67.5 Å².